The van der Waals surface area contributed by atoms with Gasteiger partial charge in [-0.3, -0.25) is 0 Å². The van der Waals surface area contributed by atoms with Gasteiger partial charge in [0.15, 0.2) is 0 Å². The lowest BCUT2D eigenvalue weighted by Gasteiger charge is -2.37. The van der Waals surface area contributed by atoms with Crippen LogP contribution in [0, 0.1) is 5.92 Å². The molecule has 0 radical (unpaired) electrons. The summed E-state index contributed by atoms with van der Waals surface area (Å²) in [4.78, 5) is 12.6. The van der Waals surface area contributed by atoms with E-state index in [1.54, 1.807) is 13.8 Å². The van der Waals surface area contributed by atoms with E-state index >= 15 is 0 Å². The van der Waals surface area contributed by atoms with Crippen LogP contribution in [0.15, 0.2) is 35.9 Å². The van der Waals surface area contributed by atoms with Crippen LogP contribution in [0.3, 0.4) is 0 Å². The Bertz CT molecular complexity index is 597. The summed E-state index contributed by atoms with van der Waals surface area (Å²) in [6.45, 7) is 3.41. The van der Waals surface area contributed by atoms with E-state index in [1.807, 2.05) is 30.3 Å². The van der Waals surface area contributed by atoms with Crippen molar-refractivity contribution < 1.29 is 19.4 Å². The van der Waals surface area contributed by atoms with Crippen molar-refractivity contribution in [3.8, 4) is 0 Å². The smallest absolute Gasteiger partial charge is 0.343 e. The number of rotatable bonds is 3. The van der Waals surface area contributed by atoms with E-state index in [1.165, 1.54) is 6.42 Å². The van der Waals surface area contributed by atoms with Crippen molar-refractivity contribution in [1.29, 1.82) is 0 Å². The number of cyclic esters (lactones) is 1. The Morgan fingerprint density at radius 3 is 2.39 bits per heavy atom. The van der Waals surface area contributed by atoms with Gasteiger partial charge in [-0.05, 0) is 18.8 Å². The maximum absolute atomic E-state index is 12.6. The molecule has 1 aromatic rings. The van der Waals surface area contributed by atoms with Crippen molar-refractivity contribution >= 4 is 11.7 Å². The fraction of sp³-hybridized carbons (Fsp3) is 0.526. The van der Waals surface area contributed by atoms with Crippen molar-refractivity contribution in [2.75, 3.05) is 0 Å². The maximum Gasteiger partial charge on any atom is 0.343 e. The maximum atomic E-state index is 12.6. The molecule has 23 heavy (non-hydrogen) atoms. The second-order valence-electron chi connectivity index (χ2n) is 6.84. The first kappa shape index (κ1) is 16.1. The van der Waals surface area contributed by atoms with Crippen molar-refractivity contribution in [3.63, 3.8) is 0 Å². The Morgan fingerprint density at radius 1 is 1.09 bits per heavy atom. The number of aliphatic hydroxyl groups excluding tert-OH is 1. The monoisotopic (exact) mass is 316 g/mol. The molecule has 1 saturated carbocycles. The van der Waals surface area contributed by atoms with Crippen LogP contribution < -0.4 is 0 Å². The quantitative estimate of drug-likeness (QED) is 0.865. The molecule has 1 aliphatic heterocycles. The third kappa shape index (κ3) is 3.42. The summed E-state index contributed by atoms with van der Waals surface area (Å²) in [6.07, 6.45) is 4.41. The van der Waals surface area contributed by atoms with Gasteiger partial charge >= 0.3 is 5.97 Å². The molecular weight excluding hydrogens is 292 g/mol. The molecule has 1 N–H and O–H groups in total. The summed E-state index contributed by atoms with van der Waals surface area (Å²) >= 11 is 0. The minimum Gasteiger partial charge on any atom is -0.452 e. The lowest BCUT2D eigenvalue weighted by Crippen LogP contribution is -2.41. The van der Waals surface area contributed by atoms with E-state index in [0.29, 0.717) is 5.76 Å². The van der Waals surface area contributed by atoms with Crippen molar-refractivity contribution in [3.05, 3.63) is 41.5 Å². The van der Waals surface area contributed by atoms with Crippen molar-refractivity contribution in [2.24, 2.45) is 5.92 Å². The molecule has 0 amide bonds. The molecule has 1 aromatic carbocycles. The van der Waals surface area contributed by atoms with Gasteiger partial charge in [-0.2, -0.15) is 0 Å². The van der Waals surface area contributed by atoms with E-state index in [2.05, 4.69) is 0 Å². The highest BCUT2D eigenvalue weighted by atomic mass is 16.7. The molecule has 0 spiro atoms. The van der Waals surface area contributed by atoms with Gasteiger partial charge in [-0.25, -0.2) is 4.79 Å². The zero-order chi connectivity index (χ0) is 16.4. The van der Waals surface area contributed by atoms with E-state index < -0.39 is 17.9 Å². The predicted octanol–water partition coefficient (Wildman–Crippen LogP) is 3.65. The van der Waals surface area contributed by atoms with E-state index in [0.717, 1.165) is 31.2 Å². The van der Waals surface area contributed by atoms with Gasteiger partial charge in [0.05, 0.1) is 6.10 Å². The molecular formula is C19H24O4. The summed E-state index contributed by atoms with van der Waals surface area (Å²) in [5, 5.41) is 10.8. The van der Waals surface area contributed by atoms with Gasteiger partial charge in [-0.1, -0.05) is 49.6 Å². The third-order valence-electron chi connectivity index (χ3n) is 4.58. The topological polar surface area (TPSA) is 55.8 Å². The fourth-order valence-electron chi connectivity index (χ4n) is 3.44. The Balaban J connectivity index is 2.02. The highest BCUT2D eigenvalue weighted by Gasteiger charge is 2.41. The van der Waals surface area contributed by atoms with Crippen LogP contribution in [-0.2, 0) is 14.3 Å². The van der Waals surface area contributed by atoms with Gasteiger partial charge in [0.25, 0.3) is 0 Å². The molecule has 4 nitrogen and oxygen atoms in total. The second kappa shape index (κ2) is 6.36. The van der Waals surface area contributed by atoms with Gasteiger partial charge < -0.3 is 14.6 Å². The Morgan fingerprint density at radius 2 is 1.74 bits per heavy atom. The van der Waals surface area contributed by atoms with Crippen LogP contribution in [0.4, 0.5) is 0 Å². The van der Waals surface area contributed by atoms with Crippen LogP contribution in [-0.4, -0.2) is 23.0 Å². The fourth-order valence-corrected chi connectivity index (χ4v) is 3.44. The van der Waals surface area contributed by atoms with Gasteiger partial charge in [0.1, 0.15) is 11.3 Å². The van der Waals surface area contributed by atoms with Gasteiger partial charge in [-0.15, -0.1) is 0 Å². The van der Waals surface area contributed by atoms with Crippen LogP contribution in [0.1, 0.15) is 51.5 Å². The molecule has 0 aromatic heterocycles. The first-order chi connectivity index (χ1) is 11.0. The number of hydrogen-bond donors (Lipinski definition) is 1. The normalized spacial score (nSPS) is 23.2. The van der Waals surface area contributed by atoms with Crippen LogP contribution >= 0.6 is 0 Å². The summed E-state index contributed by atoms with van der Waals surface area (Å²) in [5.74, 6) is -0.962. The molecule has 1 aliphatic carbocycles. The molecule has 1 heterocycles. The summed E-state index contributed by atoms with van der Waals surface area (Å²) in [6, 6.07) is 9.47. The van der Waals surface area contributed by atoms with Gasteiger partial charge in [0, 0.05) is 19.4 Å². The van der Waals surface area contributed by atoms with Crippen LogP contribution in [0.5, 0.6) is 0 Å². The van der Waals surface area contributed by atoms with Crippen molar-refractivity contribution in [2.45, 2.75) is 57.8 Å². The Hall–Kier alpha value is -1.81. The average Bonchev–Trinajstić information content (AvgIpc) is 2.54. The minimum absolute atomic E-state index is 0.0924. The Kier molecular flexibility index (Phi) is 4.44. The molecule has 1 fully saturated rings. The number of carbonyl (C=O) groups is 1. The largest absolute Gasteiger partial charge is 0.452 e. The Labute approximate surface area is 137 Å². The number of ether oxygens (including phenoxy) is 2. The van der Waals surface area contributed by atoms with E-state index in [-0.39, 0.29) is 11.5 Å². The molecule has 1 unspecified atom stereocenters. The molecule has 3 rings (SSSR count). The van der Waals surface area contributed by atoms with E-state index in [4.69, 9.17) is 9.47 Å². The molecule has 124 valence electrons. The third-order valence-corrected chi connectivity index (χ3v) is 4.58. The van der Waals surface area contributed by atoms with E-state index in [9.17, 15) is 9.90 Å². The first-order valence-electron chi connectivity index (χ1n) is 8.38. The number of hydrogen-bond acceptors (Lipinski definition) is 4. The first-order valence-corrected chi connectivity index (χ1v) is 8.38. The highest BCUT2D eigenvalue weighted by Crippen LogP contribution is 2.38. The number of esters is 1. The minimum atomic E-state index is -1.03. The average molecular weight is 316 g/mol. The molecule has 1 atom stereocenters. The number of benzene rings is 1. The van der Waals surface area contributed by atoms with Crippen LogP contribution in [0.2, 0.25) is 0 Å². The lowest BCUT2D eigenvalue weighted by molar-refractivity contribution is -0.197. The molecule has 0 bridgehead atoms. The summed E-state index contributed by atoms with van der Waals surface area (Å²) in [7, 11) is 0. The van der Waals surface area contributed by atoms with Crippen LogP contribution in [0.25, 0.3) is 5.76 Å². The summed E-state index contributed by atoms with van der Waals surface area (Å²) in [5.41, 5.74) is 1.06. The molecule has 4 heteroatoms. The number of aliphatic hydroxyl groups is 1. The van der Waals surface area contributed by atoms with Crippen molar-refractivity contribution in [1.82, 2.24) is 0 Å². The zero-order valence-electron chi connectivity index (χ0n) is 13.7. The predicted molar refractivity (Wildman–Crippen MR) is 87.2 cm³/mol. The standard InChI is InChI=1S/C19H24O4/c1-19(2)22-17(14-11-7-4-8-12-14)15(18(21)23-19)16(20)13-9-5-3-6-10-13/h4,7-8,11-13,16,20H,3,5-6,9-10H2,1-2H3. The molecule has 2 aliphatic rings. The zero-order valence-corrected chi connectivity index (χ0v) is 13.7. The van der Waals surface area contributed by atoms with Gasteiger partial charge in [0.2, 0.25) is 5.79 Å². The number of carbonyl (C=O) groups excluding carboxylic acids is 1. The highest BCUT2D eigenvalue weighted by molar-refractivity contribution is 5.98. The lowest BCUT2D eigenvalue weighted by atomic mass is 9.81. The second-order valence-corrected chi connectivity index (χ2v) is 6.84. The molecule has 0 saturated heterocycles. The SMILES string of the molecule is CC1(C)OC(=O)C(C(O)C2CCCCC2)=C(c2ccccc2)O1. The summed E-state index contributed by atoms with van der Waals surface area (Å²) < 4.78 is 11.3.